The summed E-state index contributed by atoms with van der Waals surface area (Å²) < 4.78 is 0. The van der Waals surface area contributed by atoms with E-state index in [4.69, 9.17) is 5.73 Å². The Hall–Kier alpha value is -1.49. The van der Waals surface area contributed by atoms with Crippen molar-refractivity contribution < 1.29 is 4.79 Å². The molecule has 88 valence electrons. The zero-order valence-corrected chi connectivity index (χ0v) is 9.44. The molecule has 16 heavy (non-hydrogen) atoms. The molecule has 0 aliphatic carbocycles. The van der Waals surface area contributed by atoms with E-state index in [0.29, 0.717) is 6.54 Å². The van der Waals surface area contributed by atoms with Crippen LogP contribution in [-0.4, -0.2) is 35.0 Å². The van der Waals surface area contributed by atoms with E-state index in [-0.39, 0.29) is 18.1 Å². The first kappa shape index (κ1) is 11.0. The predicted molar refractivity (Wildman–Crippen MR) is 61.9 cm³/mol. The maximum Gasteiger partial charge on any atom is 0.318 e. The molecule has 1 aliphatic rings. The van der Waals surface area contributed by atoms with Crippen LogP contribution < -0.4 is 11.1 Å². The molecule has 0 radical (unpaired) electrons. The lowest BCUT2D eigenvalue weighted by Gasteiger charge is -2.15. The van der Waals surface area contributed by atoms with Crippen LogP contribution in [-0.2, 0) is 0 Å². The number of aromatic nitrogens is 1. The van der Waals surface area contributed by atoms with E-state index in [0.717, 1.165) is 18.7 Å². The Morgan fingerprint density at radius 1 is 1.69 bits per heavy atom. The van der Waals surface area contributed by atoms with Crippen LogP contribution in [0.5, 0.6) is 0 Å². The summed E-state index contributed by atoms with van der Waals surface area (Å²) in [5.74, 6) is 0. The number of hydrogen-bond donors (Lipinski definition) is 3. The molecule has 0 saturated carbocycles. The molecule has 2 atom stereocenters. The zero-order valence-electron chi connectivity index (χ0n) is 9.44. The number of nitrogens with one attached hydrogen (secondary N) is 2. The van der Waals surface area contributed by atoms with Gasteiger partial charge in [-0.1, -0.05) is 0 Å². The smallest absolute Gasteiger partial charge is 0.318 e. The van der Waals surface area contributed by atoms with Gasteiger partial charge in [-0.15, -0.1) is 0 Å². The van der Waals surface area contributed by atoms with E-state index < -0.39 is 0 Å². The van der Waals surface area contributed by atoms with E-state index in [1.807, 2.05) is 30.2 Å². The fourth-order valence-electron chi connectivity index (χ4n) is 1.88. The van der Waals surface area contributed by atoms with Crippen molar-refractivity contribution in [2.45, 2.75) is 25.4 Å². The quantitative estimate of drug-likeness (QED) is 0.705. The summed E-state index contributed by atoms with van der Waals surface area (Å²) in [4.78, 5) is 16.6. The lowest BCUT2D eigenvalue weighted by Crippen LogP contribution is -2.32. The fraction of sp³-hybridized carbons (Fsp3) is 0.545. The molecule has 1 aromatic heterocycles. The van der Waals surface area contributed by atoms with Gasteiger partial charge in [-0.2, -0.15) is 0 Å². The molecule has 1 saturated heterocycles. The van der Waals surface area contributed by atoms with Crippen molar-refractivity contribution in [2.24, 2.45) is 5.73 Å². The van der Waals surface area contributed by atoms with Gasteiger partial charge in [-0.3, -0.25) is 0 Å². The second kappa shape index (κ2) is 4.57. The minimum Gasteiger partial charge on any atom is -0.363 e. The van der Waals surface area contributed by atoms with Crippen molar-refractivity contribution in [3.05, 3.63) is 24.0 Å². The van der Waals surface area contributed by atoms with Gasteiger partial charge < -0.3 is 20.9 Å². The largest absolute Gasteiger partial charge is 0.363 e. The van der Waals surface area contributed by atoms with Crippen molar-refractivity contribution in [1.29, 1.82) is 0 Å². The molecule has 0 spiro atoms. The summed E-state index contributed by atoms with van der Waals surface area (Å²) in [5.41, 5.74) is 6.73. The third-order valence-corrected chi connectivity index (χ3v) is 2.84. The molecule has 1 aromatic rings. The average molecular weight is 222 g/mol. The third kappa shape index (κ3) is 2.36. The van der Waals surface area contributed by atoms with Crippen LogP contribution >= 0.6 is 0 Å². The molecule has 1 aliphatic heterocycles. The minimum absolute atomic E-state index is 0.000231. The maximum absolute atomic E-state index is 11.7. The Morgan fingerprint density at radius 3 is 3.12 bits per heavy atom. The molecule has 1 fully saturated rings. The number of H-pyrrole nitrogens is 1. The maximum atomic E-state index is 11.7. The number of nitrogens with zero attached hydrogens (tertiary/aromatic N) is 1. The first-order valence-electron chi connectivity index (χ1n) is 5.61. The molecule has 2 heterocycles. The molecule has 2 amide bonds. The van der Waals surface area contributed by atoms with Gasteiger partial charge in [0, 0.05) is 31.0 Å². The van der Waals surface area contributed by atoms with Crippen LogP contribution in [0, 0.1) is 0 Å². The van der Waals surface area contributed by atoms with Crippen LogP contribution in [0.15, 0.2) is 18.3 Å². The Labute approximate surface area is 95.0 Å². The lowest BCUT2D eigenvalue weighted by atomic mass is 10.2. The summed E-state index contributed by atoms with van der Waals surface area (Å²) in [7, 11) is 0. The first-order valence-corrected chi connectivity index (χ1v) is 5.61. The monoisotopic (exact) mass is 222 g/mol. The Morgan fingerprint density at radius 2 is 2.50 bits per heavy atom. The van der Waals surface area contributed by atoms with E-state index in [9.17, 15) is 4.79 Å². The standard InChI is InChI=1S/C11H18N4O/c1-8(12)4-6-15-7-10(14-11(15)16)9-3-2-5-13-9/h2-3,5,8,10,13H,4,6-7,12H2,1H3,(H,14,16). The van der Waals surface area contributed by atoms with Gasteiger partial charge in [-0.05, 0) is 25.5 Å². The first-order chi connectivity index (χ1) is 7.66. The van der Waals surface area contributed by atoms with Crippen LogP contribution in [0.3, 0.4) is 0 Å². The molecular weight excluding hydrogens is 204 g/mol. The molecular formula is C11H18N4O. The second-order valence-electron chi connectivity index (χ2n) is 4.34. The van der Waals surface area contributed by atoms with Crippen molar-refractivity contribution in [1.82, 2.24) is 15.2 Å². The van der Waals surface area contributed by atoms with Gasteiger partial charge in [0.2, 0.25) is 0 Å². The highest BCUT2D eigenvalue weighted by atomic mass is 16.2. The number of rotatable bonds is 4. The Kier molecular flexibility index (Phi) is 3.14. The van der Waals surface area contributed by atoms with Gasteiger partial charge in [0.1, 0.15) is 0 Å². The summed E-state index contributed by atoms with van der Waals surface area (Å²) in [5, 5.41) is 2.95. The number of hydrogen-bond acceptors (Lipinski definition) is 2. The van der Waals surface area contributed by atoms with Crippen LogP contribution in [0.1, 0.15) is 25.1 Å². The third-order valence-electron chi connectivity index (χ3n) is 2.84. The van der Waals surface area contributed by atoms with Crippen molar-refractivity contribution in [3.8, 4) is 0 Å². The summed E-state index contributed by atoms with van der Waals surface area (Å²) in [6, 6.07) is 4.14. The number of urea groups is 1. The van der Waals surface area contributed by atoms with Gasteiger partial charge in [0.05, 0.1) is 6.04 Å². The van der Waals surface area contributed by atoms with E-state index in [1.54, 1.807) is 0 Å². The molecule has 5 heteroatoms. The van der Waals surface area contributed by atoms with E-state index in [1.165, 1.54) is 0 Å². The van der Waals surface area contributed by atoms with Gasteiger partial charge in [0.15, 0.2) is 0 Å². The normalized spacial score (nSPS) is 22.2. The minimum atomic E-state index is 0.000231. The van der Waals surface area contributed by atoms with Gasteiger partial charge >= 0.3 is 6.03 Å². The summed E-state index contributed by atoms with van der Waals surface area (Å²) in [6.07, 6.45) is 2.71. The van der Waals surface area contributed by atoms with Gasteiger partial charge in [0.25, 0.3) is 0 Å². The predicted octanol–water partition coefficient (Wildman–Crippen LogP) is 0.818. The highest BCUT2D eigenvalue weighted by Crippen LogP contribution is 2.18. The lowest BCUT2D eigenvalue weighted by molar-refractivity contribution is 0.216. The number of carbonyl (C=O) groups is 1. The summed E-state index contributed by atoms with van der Waals surface area (Å²) >= 11 is 0. The van der Waals surface area contributed by atoms with Crippen LogP contribution in [0.25, 0.3) is 0 Å². The van der Waals surface area contributed by atoms with E-state index in [2.05, 4.69) is 10.3 Å². The molecule has 5 nitrogen and oxygen atoms in total. The zero-order chi connectivity index (χ0) is 11.5. The Balaban J connectivity index is 1.92. The molecule has 2 rings (SSSR count). The molecule has 0 aromatic carbocycles. The van der Waals surface area contributed by atoms with E-state index >= 15 is 0 Å². The topological polar surface area (TPSA) is 74.2 Å². The molecule has 0 bridgehead atoms. The van der Waals surface area contributed by atoms with Crippen molar-refractivity contribution in [3.63, 3.8) is 0 Å². The Bertz CT molecular complexity index is 347. The summed E-state index contributed by atoms with van der Waals surface area (Å²) in [6.45, 7) is 3.39. The fourth-order valence-corrected chi connectivity index (χ4v) is 1.88. The highest BCUT2D eigenvalue weighted by Gasteiger charge is 2.29. The van der Waals surface area contributed by atoms with Crippen LogP contribution in [0.4, 0.5) is 4.79 Å². The number of aromatic amines is 1. The number of nitrogens with two attached hydrogens (primary N) is 1. The highest BCUT2D eigenvalue weighted by molar-refractivity contribution is 5.77. The van der Waals surface area contributed by atoms with Crippen LogP contribution in [0.2, 0.25) is 0 Å². The molecule has 4 N–H and O–H groups in total. The van der Waals surface area contributed by atoms with Gasteiger partial charge in [-0.25, -0.2) is 4.79 Å². The number of carbonyl (C=O) groups excluding carboxylic acids is 1. The SMILES string of the molecule is CC(N)CCN1CC(c2ccc[nH]2)NC1=O. The van der Waals surface area contributed by atoms with Crippen molar-refractivity contribution in [2.75, 3.05) is 13.1 Å². The number of amides is 2. The second-order valence-corrected chi connectivity index (χ2v) is 4.34. The molecule has 2 unspecified atom stereocenters. The average Bonchev–Trinajstić information content (AvgIpc) is 2.83. The van der Waals surface area contributed by atoms with Crippen molar-refractivity contribution >= 4 is 6.03 Å².